The Morgan fingerprint density at radius 2 is 2.10 bits per heavy atom. The maximum absolute atomic E-state index is 13.4. The third kappa shape index (κ3) is 4.11. The Morgan fingerprint density at radius 3 is 2.76 bits per heavy atom. The molecular formula is C17H20BrFN2. The maximum atomic E-state index is 13.4. The van der Waals surface area contributed by atoms with Crippen molar-refractivity contribution in [2.45, 2.75) is 32.7 Å². The maximum Gasteiger partial charge on any atom is 0.137 e. The number of likely N-dealkylation sites (N-methyl/N-ethyl adjacent to an activating group) is 1. The largest absolute Gasteiger partial charge is 0.310 e. The molecule has 0 aliphatic carbocycles. The molecule has 1 N–H and O–H groups in total. The topological polar surface area (TPSA) is 24.9 Å². The Morgan fingerprint density at radius 1 is 1.29 bits per heavy atom. The molecule has 1 atom stereocenters. The standard InChI is InChI=1S/C17H20BrFN2/c1-3-13-11-20-8-7-14(13)17(21-4-2)10-12-5-6-16(19)15(18)9-12/h5-9,11,17,21H,3-4,10H2,1-2H3. The summed E-state index contributed by atoms with van der Waals surface area (Å²) < 4.78 is 13.9. The molecule has 0 aliphatic heterocycles. The van der Waals surface area contributed by atoms with Gasteiger partial charge in [-0.2, -0.15) is 0 Å². The summed E-state index contributed by atoms with van der Waals surface area (Å²) >= 11 is 3.25. The van der Waals surface area contributed by atoms with Gasteiger partial charge in [0.15, 0.2) is 0 Å². The third-order valence-corrected chi connectivity index (χ3v) is 4.18. The Hall–Kier alpha value is -1.26. The fraction of sp³-hybridized carbons (Fsp3) is 0.353. The zero-order valence-corrected chi connectivity index (χ0v) is 14.0. The number of aryl methyl sites for hydroxylation is 1. The van der Waals surface area contributed by atoms with Gasteiger partial charge < -0.3 is 5.32 Å². The van der Waals surface area contributed by atoms with E-state index in [1.807, 2.05) is 24.5 Å². The van der Waals surface area contributed by atoms with Crippen LogP contribution in [0.5, 0.6) is 0 Å². The van der Waals surface area contributed by atoms with E-state index in [1.165, 1.54) is 17.2 Å². The number of rotatable bonds is 6. The van der Waals surface area contributed by atoms with E-state index in [1.54, 1.807) is 0 Å². The molecule has 2 nitrogen and oxygen atoms in total. The van der Waals surface area contributed by atoms with Crippen LogP contribution in [0.4, 0.5) is 4.39 Å². The molecule has 0 amide bonds. The predicted octanol–water partition coefficient (Wildman–Crippen LogP) is 4.44. The van der Waals surface area contributed by atoms with Gasteiger partial charge in [0, 0.05) is 18.4 Å². The van der Waals surface area contributed by atoms with Crippen molar-refractivity contribution in [2.24, 2.45) is 0 Å². The highest BCUT2D eigenvalue weighted by atomic mass is 79.9. The van der Waals surface area contributed by atoms with Crippen molar-refractivity contribution >= 4 is 15.9 Å². The van der Waals surface area contributed by atoms with Gasteiger partial charge >= 0.3 is 0 Å². The van der Waals surface area contributed by atoms with Crippen molar-refractivity contribution in [3.8, 4) is 0 Å². The molecule has 21 heavy (non-hydrogen) atoms. The van der Waals surface area contributed by atoms with Crippen LogP contribution in [0.25, 0.3) is 0 Å². The highest BCUT2D eigenvalue weighted by molar-refractivity contribution is 9.10. The Balaban J connectivity index is 2.28. The highest BCUT2D eigenvalue weighted by Crippen LogP contribution is 2.24. The fourth-order valence-corrected chi connectivity index (χ4v) is 2.94. The number of pyridine rings is 1. The number of hydrogen-bond donors (Lipinski definition) is 1. The van der Waals surface area contributed by atoms with E-state index in [-0.39, 0.29) is 11.9 Å². The molecule has 4 heteroatoms. The van der Waals surface area contributed by atoms with Crippen LogP contribution in [-0.2, 0) is 12.8 Å². The Kier molecular flexibility index (Phi) is 5.88. The first kappa shape index (κ1) is 16.1. The zero-order chi connectivity index (χ0) is 15.2. The first-order valence-corrected chi connectivity index (χ1v) is 8.05. The van der Waals surface area contributed by atoms with Gasteiger partial charge in [0.2, 0.25) is 0 Å². The lowest BCUT2D eigenvalue weighted by atomic mass is 9.95. The van der Waals surface area contributed by atoms with Gasteiger partial charge in [0.05, 0.1) is 4.47 Å². The van der Waals surface area contributed by atoms with Crippen molar-refractivity contribution in [3.05, 3.63) is 63.6 Å². The number of aromatic nitrogens is 1. The van der Waals surface area contributed by atoms with Crippen molar-refractivity contribution < 1.29 is 4.39 Å². The van der Waals surface area contributed by atoms with Crippen LogP contribution in [0.1, 0.15) is 36.6 Å². The molecule has 1 aromatic heterocycles. The van der Waals surface area contributed by atoms with Crippen LogP contribution in [0.15, 0.2) is 41.1 Å². The van der Waals surface area contributed by atoms with Crippen LogP contribution < -0.4 is 5.32 Å². The van der Waals surface area contributed by atoms with Crippen molar-refractivity contribution in [3.63, 3.8) is 0 Å². The molecule has 1 aromatic carbocycles. The summed E-state index contributed by atoms with van der Waals surface area (Å²) in [5, 5.41) is 3.52. The molecule has 0 spiro atoms. The second kappa shape index (κ2) is 7.66. The second-order valence-electron chi connectivity index (χ2n) is 4.99. The van der Waals surface area contributed by atoms with Gasteiger partial charge in [-0.25, -0.2) is 4.39 Å². The van der Waals surface area contributed by atoms with Crippen molar-refractivity contribution in [1.29, 1.82) is 0 Å². The van der Waals surface area contributed by atoms with Gasteiger partial charge in [-0.15, -0.1) is 0 Å². The predicted molar refractivity (Wildman–Crippen MR) is 87.8 cm³/mol. The van der Waals surface area contributed by atoms with Gasteiger partial charge in [-0.05, 0) is 70.2 Å². The molecule has 0 bridgehead atoms. The molecule has 0 saturated carbocycles. The van der Waals surface area contributed by atoms with E-state index < -0.39 is 0 Å². The molecule has 2 aromatic rings. The molecule has 112 valence electrons. The van der Waals surface area contributed by atoms with Crippen molar-refractivity contribution in [2.75, 3.05) is 6.54 Å². The minimum absolute atomic E-state index is 0.213. The summed E-state index contributed by atoms with van der Waals surface area (Å²) in [6, 6.07) is 7.50. The van der Waals surface area contributed by atoms with Crippen LogP contribution in [-0.4, -0.2) is 11.5 Å². The van der Waals surface area contributed by atoms with Crippen LogP contribution in [0, 0.1) is 5.82 Å². The zero-order valence-electron chi connectivity index (χ0n) is 12.4. The summed E-state index contributed by atoms with van der Waals surface area (Å²) in [6.45, 7) is 5.12. The van der Waals surface area contributed by atoms with E-state index in [4.69, 9.17) is 0 Å². The lowest BCUT2D eigenvalue weighted by Crippen LogP contribution is -2.24. The number of halogens is 2. The van der Waals surface area contributed by atoms with Gasteiger partial charge in [0.1, 0.15) is 5.82 Å². The smallest absolute Gasteiger partial charge is 0.137 e. The number of benzene rings is 1. The van der Waals surface area contributed by atoms with E-state index >= 15 is 0 Å². The van der Waals surface area contributed by atoms with Crippen LogP contribution in [0.3, 0.4) is 0 Å². The van der Waals surface area contributed by atoms with Crippen LogP contribution in [0.2, 0.25) is 0 Å². The lowest BCUT2D eigenvalue weighted by molar-refractivity contribution is 0.543. The third-order valence-electron chi connectivity index (χ3n) is 3.57. The van der Waals surface area contributed by atoms with E-state index in [9.17, 15) is 4.39 Å². The molecule has 0 aliphatic rings. The van der Waals surface area contributed by atoms with E-state index in [0.717, 1.165) is 24.9 Å². The molecule has 1 heterocycles. The molecule has 0 radical (unpaired) electrons. The van der Waals surface area contributed by atoms with Gasteiger partial charge in [-0.3, -0.25) is 4.98 Å². The number of hydrogen-bond acceptors (Lipinski definition) is 2. The van der Waals surface area contributed by atoms with E-state index in [2.05, 4.69) is 46.1 Å². The normalized spacial score (nSPS) is 12.4. The van der Waals surface area contributed by atoms with Crippen molar-refractivity contribution in [1.82, 2.24) is 10.3 Å². The van der Waals surface area contributed by atoms with Crippen LogP contribution >= 0.6 is 15.9 Å². The summed E-state index contributed by atoms with van der Waals surface area (Å²) in [5.74, 6) is -0.225. The summed E-state index contributed by atoms with van der Waals surface area (Å²) in [7, 11) is 0. The first-order chi connectivity index (χ1) is 10.2. The summed E-state index contributed by atoms with van der Waals surface area (Å²) in [5.41, 5.74) is 3.63. The monoisotopic (exact) mass is 350 g/mol. The molecule has 0 saturated heterocycles. The lowest BCUT2D eigenvalue weighted by Gasteiger charge is -2.21. The van der Waals surface area contributed by atoms with Gasteiger partial charge in [-0.1, -0.05) is 19.9 Å². The number of nitrogens with one attached hydrogen (secondary N) is 1. The van der Waals surface area contributed by atoms with Gasteiger partial charge in [0.25, 0.3) is 0 Å². The fourth-order valence-electron chi connectivity index (χ4n) is 2.51. The average Bonchev–Trinajstić information content (AvgIpc) is 2.50. The minimum atomic E-state index is -0.225. The molecule has 0 fully saturated rings. The quantitative estimate of drug-likeness (QED) is 0.832. The minimum Gasteiger partial charge on any atom is -0.310 e. The SMILES string of the molecule is CCNC(Cc1ccc(F)c(Br)c1)c1ccncc1CC. The average molecular weight is 351 g/mol. The molecule has 1 unspecified atom stereocenters. The highest BCUT2D eigenvalue weighted by Gasteiger charge is 2.15. The number of nitrogens with zero attached hydrogens (tertiary/aromatic N) is 1. The summed E-state index contributed by atoms with van der Waals surface area (Å²) in [6.07, 6.45) is 5.54. The summed E-state index contributed by atoms with van der Waals surface area (Å²) in [4.78, 5) is 4.21. The first-order valence-electron chi connectivity index (χ1n) is 7.25. The Bertz CT molecular complexity index is 601. The van der Waals surface area contributed by atoms with E-state index in [0.29, 0.717) is 4.47 Å². The molecule has 2 rings (SSSR count). The second-order valence-corrected chi connectivity index (χ2v) is 5.85. The Labute approximate surface area is 133 Å². The molecular weight excluding hydrogens is 331 g/mol.